The van der Waals surface area contributed by atoms with E-state index in [0.717, 1.165) is 45.1 Å². The van der Waals surface area contributed by atoms with Gasteiger partial charge >= 0.3 is 0 Å². The highest BCUT2D eigenvalue weighted by molar-refractivity contribution is 14.0. The number of guanidine groups is 1. The minimum absolute atomic E-state index is 0. The molecule has 1 aliphatic heterocycles. The molecule has 1 N–H and O–H groups in total. The molecule has 1 aliphatic rings. The van der Waals surface area contributed by atoms with Gasteiger partial charge in [0.25, 0.3) is 0 Å². The van der Waals surface area contributed by atoms with E-state index >= 15 is 0 Å². The van der Waals surface area contributed by atoms with Crippen LogP contribution in [0.25, 0.3) is 0 Å². The topological polar surface area (TPSA) is 65.0 Å². The van der Waals surface area contributed by atoms with Gasteiger partial charge in [-0.3, -0.25) is 9.89 Å². The molecule has 0 aliphatic carbocycles. The van der Waals surface area contributed by atoms with Crippen LogP contribution in [0.2, 0.25) is 0 Å². The van der Waals surface area contributed by atoms with E-state index in [-0.39, 0.29) is 35.5 Å². The quantitative estimate of drug-likeness (QED) is 0.323. The predicted octanol–water partition coefficient (Wildman–Crippen LogP) is 2.77. The van der Waals surface area contributed by atoms with Crippen LogP contribution >= 0.6 is 24.0 Å². The van der Waals surface area contributed by atoms with Crippen molar-refractivity contribution in [3.63, 3.8) is 0 Å². The molecule has 2 rings (SSSR count). The van der Waals surface area contributed by atoms with E-state index in [1.165, 1.54) is 5.56 Å². The summed E-state index contributed by atoms with van der Waals surface area (Å²) in [5.41, 5.74) is 1.37. The highest BCUT2D eigenvalue weighted by atomic mass is 127. The van der Waals surface area contributed by atoms with Crippen LogP contribution in [0.1, 0.15) is 38.8 Å². The van der Waals surface area contributed by atoms with Crippen molar-refractivity contribution in [3.8, 4) is 0 Å². The van der Waals surface area contributed by atoms with Gasteiger partial charge in [-0.15, -0.1) is 24.0 Å². The summed E-state index contributed by atoms with van der Waals surface area (Å²) >= 11 is 0. The SMILES string of the molecule is CCNC(=NCCS(=O)(=O)CC)N1CCN(C(CC)c2ccccc2)CC1.I. The van der Waals surface area contributed by atoms with Crippen molar-refractivity contribution in [2.75, 3.05) is 50.8 Å². The van der Waals surface area contributed by atoms with Crippen molar-refractivity contribution in [3.05, 3.63) is 35.9 Å². The third kappa shape index (κ3) is 7.51. The van der Waals surface area contributed by atoms with Crippen LogP contribution in [0.15, 0.2) is 35.3 Å². The zero-order valence-corrected chi connectivity index (χ0v) is 20.4. The molecule has 28 heavy (non-hydrogen) atoms. The number of aliphatic imine (C=N–C) groups is 1. The Morgan fingerprint density at radius 3 is 2.29 bits per heavy atom. The van der Waals surface area contributed by atoms with Gasteiger partial charge in [0, 0.05) is 44.5 Å². The molecule has 0 amide bonds. The molecule has 0 aromatic heterocycles. The molecule has 1 aromatic rings. The van der Waals surface area contributed by atoms with Gasteiger partial charge in [0.15, 0.2) is 15.8 Å². The lowest BCUT2D eigenvalue weighted by molar-refractivity contribution is 0.127. The number of sulfone groups is 1. The fourth-order valence-corrected chi connectivity index (χ4v) is 4.14. The van der Waals surface area contributed by atoms with Gasteiger partial charge in [-0.1, -0.05) is 44.2 Å². The van der Waals surface area contributed by atoms with Gasteiger partial charge in [0.2, 0.25) is 0 Å². The van der Waals surface area contributed by atoms with Crippen molar-refractivity contribution < 1.29 is 8.42 Å². The first-order valence-electron chi connectivity index (χ1n) is 10.0. The van der Waals surface area contributed by atoms with Gasteiger partial charge in [-0.25, -0.2) is 8.42 Å². The second kappa shape index (κ2) is 12.6. The van der Waals surface area contributed by atoms with E-state index in [1.807, 2.05) is 6.92 Å². The van der Waals surface area contributed by atoms with Gasteiger partial charge in [-0.2, -0.15) is 0 Å². The molecule has 1 aromatic carbocycles. The predicted molar refractivity (Wildman–Crippen MR) is 128 cm³/mol. The average molecular weight is 522 g/mol. The molecule has 160 valence electrons. The van der Waals surface area contributed by atoms with Crippen LogP contribution in [0, 0.1) is 0 Å². The summed E-state index contributed by atoms with van der Waals surface area (Å²) in [7, 11) is -2.98. The second-order valence-corrected chi connectivity index (χ2v) is 9.30. The monoisotopic (exact) mass is 522 g/mol. The number of nitrogens with zero attached hydrogens (tertiary/aromatic N) is 3. The van der Waals surface area contributed by atoms with Crippen LogP contribution in [0.4, 0.5) is 0 Å². The second-order valence-electron chi connectivity index (χ2n) is 6.83. The molecule has 1 atom stereocenters. The van der Waals surface area contributed by atoms with Crippen LogP contribution in [-0.2, 0) is 9.84 Å². The van der Waals surface area contributed by atoms with Gasteiger partial charge in [0.1, 0.15) is 0 Å². The van der Waals surface area contributed by atoms with E-state index in [1.54, 1.807) is 6.92 Å². The Labute approximate surface area is 187 Å². The summed E-state index contributed by atoms with van der Waals surface area (Å²) in [4.78, 5) is 9.34. The molecule has 1 unspecified atom stereocenters. The first-order valence-corrected chi connectivity index (χ1v) is 11.9. The number of benzene rings is 1. The third-order valence-electron chi connectivity index (χ3n) is 5.06. The minimum atomic E-state index is -2.98. The molecule has 1 heterocycles. The van der Waals surface area contributed by atoms with Crippen LogP contribution in [0.3, 0.4) is 0 Å². The van der Waals surface area contributed by atoms with Crippen LogP contribution in [0.5, 0.6) is 0 Å². The van der Waals surface area contributed by atoms with E-state index in [2.05, 4.69) is 57.4 Å². The third-order valence-corrected chi connectivity index (χ3v) is 6.75. The maximum atomic E-state index is 11.7. The maximum absolute atomic E-state index is 11.7. The Morgan fingerprint density at radius 1 is 1.11 bits per heavy atom. The number of nitrogens with one attached hydrogen (secondary N) is 1. The summed E-state index contributed by atoms with van der Waals surface area (Å²) in [5.74, 6) is 1.12. The number of hydrogen-bond acceptors (Lipinski definition) is 4. The fraction of sp³-hybridized carbons (Fsp3) is 0.650. The van der Waals surface area contributed by atoms with Gasteiger partial charge < -0.3 is 10.2 Å². The highest BCUT2D eigenvalue weighted by Crippen LogP contribution is 2.25. The van der Waals surface area contributed by atoms with Gasteiger partial charge in [0.05, 0.1) is 12.3 Å². The maximum Gasteiger partial charge on any atom is 0.194 e. The van der Waals surface area contributed by atoms with Crippen molar-refractivity contribution in [1.29, 1.82) is 0 Å². The zero-order valence-electron chi connectivity index (χ0n) is 17.3. The molecule has 1 saturated heterocycles. The molecule has 8 heteroatoms. The Morgan fingerprint density at radius 2 is 1.75 bits per heavy atom. The van der Waals surface area contributed by atoms with E-state index in [0.29, 0.717) is 12.6 Å². The first kappa shape index (κ1) is 25.2. The lowest BCUT2D eigenvalue weighted by atomic mass is 10.0. The summed E-state index contributed by atoms with van der Waals surface area (Å²) in [6, 6.07) is 11.1. The number of piperazine rings is 1. The van der Waals surface area contributed by atoms with Crippen LogP contribution < -0.4 is 5.32 Å². The van der Waals surface area contributed by atoms with Crippen molar-refractivity contribution in [2.45, 2.75) is 33.2 Å². The zero-order chi connectivity index (χ0) is 19.7. The number of hydrogen-bond donors (Lipinski definition) is 1. The average Bonchev–Trinajstić information content (AvgIpc) is 2.69. The first-order chi connectivity index (χ1) is 13.0. The molecular formula is C20H35IN4O2S. The van der Waals surface area contributed by atoms with E-state index in [9.17, 15) is 8.42 Å². The van der Waals surface area contributed by atoms with E-state index in [4.69, 9.17) is 0 Å². The molecule has 0 saturated carbocycles. The fourth-order valence-electron chi connectivity index (χ4n) is 3.49. The molecular weight excluding hydrogens is 487 g/mol. The normalized spacial score (nSPS) is 17.1. The van der Waals surface area contributed by atoms with Crippen molar-refractivity contribution >= 4 is 39.8 Å². The molecule has 1 fully saturated rings. The summed E-state index contributed by atoms with van der Waals surface area (Å²) in [6.45, 7) is 10.8. The summed E-state index contributed by atoms with van der Waals surface area (Å²) in [5, 5.41) is 3.31. The summed E-state index contributed by atoms with van der Waals surface area (Å²) in [6.07, 6.45) is 1.09. The Hall–Kier alpha value is -0.870. The Kier molecular flexibility index (Phi) is 11.4. The van der Waals surface area contributed by atoms with Crippen molar-refractivity contribution in [1.82, 2.24) is 15.1 Å². The van der Waals surface area contributed by atoms with Gasteiger partial charge in [-0.05, 0) is 18.9 Å². The molecule has 0 radical (unpaired) electrons. The lowest BCUT2D eigenvalue weighted by Gasteiger charge is -2.40. The largest absolute Gasteiger partial charge is 0.357 e. The standard InChI is InChI=1S/C20H34N4O2S.HI/c1-4-19(18-10-8-7-9-11-18)23-13-15-24(16-14-23)20(21-5-2)22-12-17-27(25,26)6-3;/h7-11,19H,4-6,12-17H2,1-3H3,(H,21,22);1H. The lowest BCUT2D eigenvalue weighted by Crippen LogP contribution is -2.53. The van der Waals surface area contributed by atoms with Crippen LogP contribution in [-0.4, -0.2) is 75.0 Å². The smallest absolute Gasteiger partial charge is 0.194 e. The number of rotatable bonds is 8. The molecule has 6 nitrogen and oxygen atoms in total. The number of halogens is 1. The Balaban J connectivity index is 0.00000392. The molecule has 0 spiro atoms. The van der Waals surface area contributed by atoms with Crippen molar-refractivity contribution in [2.24, 2.45) is 4.99 Å². The highest BCUT2D eigenvalue weighted by Gasteiger charge is 2.25. The Bertz CT molecular complexity index is 689. The minimum Gasteiger partial charge on any atom is -0.357 e. The molecule has 0 bridgehead atoms. The van der Waals surface area contributed by atoms with E-state index < -0.39 is 9.84 Å². The summed E-state index contributed by atoms with van der Waals surface area (Å²) < 4.78 is 23.4.